The molecule has 1 aromatic rings. The van der Waals surface area contributed by atoms with E-state index in [4.69, 9.17) is 0 Å². The van der Waals surface area contributed by atoms with Gasteiger partial charge in [0.1, 0.15) is 5.69 Å². The Morgan fingerprint density at radius 2 is 1.67 bits per heavy atom. The molecule has 0 aromatic heterocycles. The van der Waals surface area contributed by atoms with Crippen LogP contribution in [0.1, 0.15) is 41.8 Å². The molecular formula is C22H24F5N3O3S3. The van der Waals surface area contributed by atoms with Gasteiger partial charge in [0.2, 0.25) is 0 Å². The van der Waals surface area contributed by atoms with Gasteiger partial charge in [0.05, 0.1) is 9.10 Å². The lowest BCUT2D eigenvalue weighted by molar-refractivity contribution is -0.284. The lowest BCUT2D eigenvalue weighted by Gasteiger charge is -2.19. The van der Waals surface area contributed by atoms with E-state index in [0.29, 0.717) is 22.1 Å². The number of anilines is 1. The lowest BCUT2D eigenvalue weighted by atomic mass is 10.1. The number of fused-ring (bicyclic) bond motifs is 1. The van der Waals surface area contributed by atoms with Crippen LogP contribution in [0.4, 0.5) is 27.8 Å². The molecule has 36 heavy (non-hydrogen) atoms. The average Bonchev–Trinajstić information content (AvgIpc) is 3.08. The van der Waals surface area contributed by atoms with Gasteiger partial charge >= 0.3 is 17.8 Å². The van der Waals surface area contributed by atoms with Crippen molar-refractivity contribution in [2.75, 3.05) is 10.5 Å². The number of rotatable bonds is 10. The molecule has 0 aliphatic carbocycles. The van der Waals surface area contributed by atoms with Crippen LogP contribution in [0, 0.1) is 20.8 Å². The molecule has 0 spiro atoms. The second kappa shape index (κ2) is 10.7. The van der Waals surface area contributed by atoms with Crippen molar-refractivity contribution in [1.82, 2.24) is 9.55 Å². The molecule has 0 saturated heterocycles. The van der Waals surface area contributed by atoms with Crippen LogP contribution in [0.15, 0.2) is 38.2 Å². The number of hydrogen-bond donors (Lipinski definition) is 1. The predicted octanol–water partition coefficient (Wildman–Crippen LogP) is 6.31. The summed E-state index contributed by atoms with van der Waals surface area (Å²) in [7, 11) is -4.04. The molecule has 0 saturated carbocycles. The van der Waals surface area contributed by atoms with Crippen LogP contribution in [0.3, 0.4) is 0 Å². The van der Waals surface area contributed by atoms with Crippen LogP contribution < -0.4 is 10.4 Å². The fraction of sp³-hybridized carbons (Fsp3) is 0.455. The summed E-state index contributed by atoms with van der Waals surface area (Å²) in [6, 6.07) is 6.15. The molecule has 2 aliphatic heterocycles. The van der Waals surface area contributed by atoms with Crippen molar-refractivity contribution in [3.63, 3.8) is 0 Å². The summed E-state index contributed by atoms with van der Waals surface area (Å²) in [5, 5.41) is 0. The summed E-state index contributed by atoms with van der Waals surface area (Å²) in [5.74, 6) is -4.48. The smallest absolute Gasteiger partial charge is 0.261 e. The molecule has 2 aliphatic rings. The number of hydrogen-bond acceptors (Lipinski definition) is 6. The largest absolute Gasteiger partial charge is 0.453 e. The molecule has 1 aromatic carbocycles. The molecule has 0 fully saturated rings. The Labute approximate surface area is 213 Å². The van der Waals surface area contributed by atoms with E-state index in [1.165, 1.54) is 39.8 Å². The van der Waals surface area contributed by atoms with Gasteiger partial charge in [-0.25, -0.2) is 13.2 Å². The molecule has 0 atom stereocenters. The van der Waals surface area contributed by atoms with Crippen molar-refractivity contribution in [2.24, 2.45) is 0 Å². The third-order valence-corrected chi connectivity index (χ3v) is 9.36. The van der Waals surface area contributed by atoms with Crippen LogP contribution in [0.2, 0.25) is 0 Å². The van der Waals surface area contributed by atoms with E-state index in [-0.39, 0.29) is 29.2 Å². The van der Waals surface area contributed by atoms with Gasteiger partial charge in [-0.05, 0) is 51.5 Å². The summed E-state index contributed by atoms with van der Waals surface area (Å²) in [6.07, 6.45) is -6.62. The Morgan fingerprint density at radius 3 is 2.28 bits per heavy atom. The first-order chi connectivity index (χ1) is 16.6. The van der Waals surface area contributed by atoms with Crippen LogP contribution in [0.5, 0.6) is 0 Å². The molecule has 14 heteroatoms. The number of aryl methyl sites for hydroxylation is 2. The molecule has 198 valence electrons. The third kappa shape index (κ3) is 6.20. The van der Waals surface area contributed by atoms with Crippen molar-refractivity contribution in [3.8, 4) is 5.69 Å². The number of thioether (sulfide) groups is 1. The minimum atomic E-state index is -5.56. The maximum atomic E-state index is 13.1. The van der Waals surface area contributed by atoms with E-state index in [0.717, 1.165) is 10.4 Å². The van der Waals surface area contributed by atoms with Crippen LogP contribution in [-0.2, 0) is 10.0 Å². The highest BCUT2D eigenvalue weighted by Crippen LogP contribution is 2.40. The topological polar surface area (TPSA) is 81.1 Å². The van der Waals surface area contributed by atoms with Gasteiger partial charge in [-0.1, -0.05) is 24.1 Å². The Hall–Kier alpha value is -2.19. The Morgan fingerprint density at radius 1 is 1.03 bits per heavy atom. The Bertz CT molecular complexity index is 1350. The van der Waals surface area contributed by atoms with Gasteiger partial charge in [-0.2, -0.15) is 26.9 Å². The number of alkyl halides is 5. The number of benzene rings is 1. The van der Waals surface area contributed by atoms with E-state index in [9.17, 15) is 35.2 Å². The van der Waals surface area contributed by atoms with Gasteiger partial charge in [0.15, 0.2) is 5.82 Å². The monoisotopic (exact) mass is 569 g/mol. The number of imidazole rings is 1. The van der Waals surface area contributed by atoms with Gasteiger partial charge in [0.25, 0.3) is 10.0 Å². The van der Waals surface area contributed by atoms with Gasteiger partial charge in [0, 0.05) is 17.0 Å². The highest BCUT2D eigenvalue weighted by Gasteiger charge is 2.56. The van der Waals surface area contributed by atoms with Crippen molar-refractivity contribution in [3.05, 3.63) is 50.9 Å². The van der Waals surface area contributed by atoms with E-state index in [1.54, 1.807) is 26.0 Å². The number of aromatic nitrogens is 2. The van der Waals surface area contributed by atoms with E-state index >= 15 is 0 Å². The molecule has 3 rings (SSSR count). The van der Waals surface area contributed by atoms with Gasteiger partial charge in [-0.3, -0.25) is 9.29 Å². The first-order valence-electron chi connectivity index (χ1n) is 10.8. The number of halogens is 5. The molecule has 1 N–H and O–H groups in total. The highest BCUT2D eigenvalue weighted by atomic mass is 32.2. The molecule has 6 nitrogen and oxygen atoms in total. The number of nitrogens with zero attached hydrogens (tertiary/aromatic N) is 2. The maximum Gasteiger partial charge on any atom is 0.453 e. The fourth-order valence-corrected chi connectivity index (χ4v) is 6.85. The molecule has 2 heterocycles. The van der Waals surface area contributed by atoms with Crippen LogP contribution in [0.25, 0.3) is 5.69 Å². The minimum Gasteiger partial charge on any atom is -0.261 e. The predicted molar refractivity (Wildman–Crippen MR) is 131 cm³/mol. The zero-order chi connectivity index (χ0) is 26.9. The fourth-order valence-electron chi connectivity index (χ4n) is 3.32. The quantitative estimate of drug-likeness (QED) is 0.176. The zero-order valence-corrected chi connectivity index (χ0v) is 22.0. The van der Waals surface area contributed by atoms with E-state index in [1.807, 2.05) is 6.92 Å². The number of nitrogens with one attached hydrogen (secondary N) is 1. The lowest BCUT2D eigenvalue weighted by Crippen LogP contribution is -2.36. The summed E-state index contributed by atoms with van der Waals surface area (Å²) in [4.78, 5) is 17.3. The van der Waals surface area contributed by atoms with E-state index < -0.39 is 34.2 Å². The molecule has 0 radical (unpaired) electrons. The van der Waals surface area contributed by atoms with Crippen molar-refractivity contribution in [1.29, 1.82) is 0 Å². The third-order valence-electron chi connectivity index (χ3n) is 5.48. The molecule has 0 amide bonds. The zero-order valence-electron chi connectivity index (χ0n) is 19.6. The van der Waals surface area contributed by atoms with Crippen molar-refractivity contribution >= 4 is 38.9 Å². The highest BCUT2D eigenvalue weighted by molar-refractivity contribution is 8.01. The second-order valence-corrected chi connectivity index (χ2v) is 12.5. The first-order valence-corrected chi connectivity index (χ1v) is 14.1. The summed E-state index contributed by atoms with van der Waals surface area (Å²) in [5.41, 5.74) is 1.08. The SMILES string of the molecule is Cc1ccc(S(=O)(=O)Nc2nc(=O)n3c(C)c(C)sc(SCCCCCC(F)(F)C(F)(F)F)c2-3)cc1. The summed E-state index contributed by atoms with van der Waals surface area (Å²) in [6.45, 7) is 5.31. The average molecular weight is 570 g/mol. The number of sulfonamides is 1. The van der Waals surface area contributed by atoms with Crippen molar-refractivity contribution < 1.29 is 30.4 Å². The normalized spacial score (nSPS) is 12.9. The molecule has 0 bridgehead atoms. The maximum absolute atomic E-state index is 13.1. The van der Waals surface area contributed by atoms with Gasteiger partial charge in [-0.15, -0.1) is 23.1 Å². The first kappa shape index (κ1) is 28.4. The van der Waals surface area contributed by atoms with Crippen molar-refractivity contribution in [2.45, 2.75) is 67.7 Å². The van der Waals surface area contributed by atoms with Gasteiger partial charge < -0.3 is 0 Å². The Kier molecular flexibility index (Phi) is 8.40. The summed E-state index contributed by atoms with van der Waals surface area (Å²) < 4.78 is 93.1. The van der Waals surface area contributed by atoms with Crippen LogP contribution in [-0.4, -0.2) is 35.8 Å². The standard InChI is InChI=1S/C22H24F5N3O3S3/c1-13-7-9-16(10-8-13)36(32,33)29-18-17-19(35-15(3)14(2)30(17)20(31)28-18)34-12-6-4-5-11-21(23,24)22(25,26)27/h7-10H,4-6,11-12H2,1-3H3,(H,28,29,31). The molecular weight excluding hydrogens is 545 g/mol. The Balaban J connectivity index is 1.78. The van der Waals surface area contributed by atoms with E-state index in [2.05, 4.69) is 9.71 Å². The second-order valence-electron chi connectivity index (χ2n) is 8.24. The van der Waals surface area contributed by atoms with Crippen LogP contribution >= 0.6 is 23.1 Å². The summed E-state index contributed by atoms with van der Waals surface area (Å²) >= 11 is 2.58. The molecule has 0 unspecified atom stereocenters. The number of unbranched alkanes of at least 4 members (excludes halogenated alkanes) is 2. The minimum absolute atomic E-state index is 0.000863.